The number of hydrogen-bond acceptors (Lipinski definition) is 3. The Balaban J connectivity index is 1.88. The maximum atomic E-state index is 11.1. The summed E-state index contributed by atoms with van der Waals surface area (Å²) in [5, 5.41) is 10.0. The van der Waals surface area contributed by atoms with Crippen LogP contribution in [0.2, 0.25) is 0 Å². The first-order valence-electron chi connectivity index (χ1n) is 6.33. The molecule has 20 heavy (non-hydrogen) atoms. The van der Waals surface area contributed by atoms with Crippen LogP contribution in [0.3, 0.4) is 0 Å². The van der Waals surface area contributed by atoms with E-state index in [9.17, 15) is 4.79 Å². The highest BCUT2D eigenvalue weighted by atomic mass is 79.9. The van der Waals surface area contributed by atoms with Gasteiger partial charge in [0.25, 0.3) is 0 Å². The Morgan fingerprint density at radius 1 is 1.25 bits per heavy atom. The number of pyridine rings is 1. The van der Waals surface area contributed by atoms with E-state index in [-0.39, 0.29) is 5.56 Å². The maximum Gasteiger partial charge on any atom is 0.336 e. The zero-order valence-electron chi connectivity index (χ0n) is 10.6. The van der Waals surface area contributed by atoms with Crippen molar-refractivity contribution in [3.63, 3.8) is 0 Å². The molecule has 0 aliphatic heterocycles. The summed E-state index contributed by atoms with van der Waals surface area (Å²) in [5.41, 5.74) is 2.80. The monoisotopic (exact) mass is 349 g/mol. The minimum Gasteiger partial charge on any atom is -0.478 e. The highest BCUT2D eigenvalue weighted by Gasteiger charge is 2.14. The van der Waals surface area contributed by atoms with Crippen LogP contribution in [0.5, 0.6) is 0 Å². The molecule has 2 aromatic rings. The van der Waals surface area contributed by atoms with Gasteiger partial charge in [-0.05, 0) is 65.0 Å². The second kappa shape index (κ2) is 5.58. The van der Waals surface area contributed by atoms with Gasteiger partial charge in [-0.25, -0.2) is 9.78 Å². The molecule has 1 heterocycles. The van der Waals surface area contributed by atoms with Crippen molar-refractivity contribution in [2.24, 2.45) is 0 Å². The topological polar surface area (TPSA) is 50.2 Å². The van der Waals surface area contributed by atoms with Gasteiger partial charge in [-0.15, -0.1) is 0 Å². The summed E-state index contributed by atoms with van der Waals surface area (Å²) in [7, 11) is 0. The molecule has 0 fully saturated rings. The fourth-order valence-corrected chi connectivity index (χ4v) is 3.57. The Bertz CT molecular complexity index is 688. The molecule has 3 rings (SSSR count). The van der Waals surface area contributed by atoms with E-state index in [1.807, 2.05) is 12.1 Å². The second-order valence-corrected chi connectivity index (χ2v) is 6.61. The van der Waals surface area contributed by atoms with Gasteiger partial charge in [0.15, 0.2) is 0 Å². The molecule has 0 atom stereocenters. The van der Waals surface area contributed by atoms with Gasteiger partial charge in [0, 0.05) is 15.1 Å². The third-order valence-electron chi connectivity index (χ3n) is 3.29. The molecule has 0 radical (unpaired) electrons. The first-order chi connectivity index (χ1) is 9.63. The lowest BCUT2D eigenvalue weighted by atomic mass is 10.2. The number of hydrogen-bond donors (Lipinski definition) is 1. The van der Waals surface area contributed by atoms with Crippen LogP contribution in [0.1, 0.15) is 28.0 Å². The number of fused-ring (bicyclic) bond motifs is 1. The lowest BCUT2D eigenvalue weighted by Crippen LogP contribution is -1.97. The number of aromatic carboxylic acids is 1. The third kappa shape index (κ3) is 2.74. The summed E-state index contributed by atoms with van der Waals surface area (Å²) >= 11 is 4.75. The molecule has 1 aliphatic rings. The maximum absolute atomic E-state index is 11.1. The molecule has 1 aromatic heterocycles. The van der Waals surface area contributed by atoms with Crippen molar-refractivity contribution in [2.75, 3.05) is 0 Å². The minimum absolute atomic E-state index is 0.274. The van der Waals surface area contributed by atoms with Gasteiger partial charge in [0.1, 0.15) is 5.03 Å². The Labute approximate surface area is 129 Å². The number of halogens is 1. The van der Waals surface area contributed by atoms with E-state index in [4.69, 9.17) is 5.11 Å². The first kappa shape index (κ1) is 13.6. The SMILES string of the molecule is O=C(O)c1cc(Sc2ccc3c(n2)CCC3)ccc1Br. The third-order valence-corrected chi connectivity index (χ3v) is 4.91. The first-order valence-corrected chi connectivity index (χ1v) is 7.94. The van der Waals surface area contributed by atoms with E-state index in [2.05, 4.69) is 27.0 Å². The molecule has 1 aliphatic carbocycles. The van der Waals surface area contributed by atoms with E-state index in [1.165, 1.54) is 29.4 Å². The van der Waals surface area contributed by atoms with Crippen molar-refractivity contribution in [2.45, 2.75) is 29.2 Å². The van der Waals surface area contributed by atoms with Crippen LogP contribution in [0.25, 0.3) is 0 Å². The molecule has 102 valence electrons. The Morgan fingerprint density at radius 2 is 2.10 bits per heavy atom. The lowest BCUT2D eigenvalue weighted by Gasteiger charge is -2.06. The van der Waals surface area contributed by atoms with E-state index in [1.54, 1.807) is 12.1 Å². The van der Waals surface area contributed by atoms with E-state index in [0.29, 0.717) is 4.47 Å². The van der Waals surface area contributed by atoms with Crippen molar-refractivity contribution < 1.29 is 9.90 Å². The van der Waals surface area contributed by atoms with Crippen molar-refractivity contribution >= 4 is 33.7 Å². The number of carbonyl (C=O) groups is 1. The summed E-state index contributed by atoms with van der Waals surface area (Å²) < 4.78 is 0.594. The Morgan fingerprint density at radius 3 is 2.90 bits per heavy atom. The number of carboxylic acids is 1. The smallest absolute Gasteiger partial charge is 0.336 e. The number of benzene rings is 1. The summed E-state index contributed by atoms with van der Waals surface area (Å²) in [6.07, 6.45) is 3.34. The number of aromatic nitrogens is 1. The van der Waals surface area contributed by atoms with Crippen molar-refractivity contribution in [3.8, 4) is 0 Å². The van der Waals surface area contributed by atoms with Gasteiger partial charge in [-0.2, -0.15) is 0 Å². The van der Waals surface area contributed by atoms with Crippen molar-refractivity contribution in [1.29, 1.82) is 0 Å². The predicted octanol–water partition coefficient (Wildman–Crippen LogP) is 4.18. The van der Waals surface area contributed by atoms with Crippen LogP contribution in [-0.4, -0.2) is 16.1 Å². The predicted molar refractivity (Wildman–Crippen MR) is 81.5 cm³/mol. The van der Waals surface area contributed by atoms with Crippen LogP contribution >= 0.6 is 27.7 Å². The number of carboxylic acid groups (broad SMARTS) is 1. The van der Waals surface area contributed by atoms with Crippen molar-refractivity contribution in [1.82, 2.24) is 4.98 Å². The quantitative estimate of drug-likeness (QED) is 0.902. The van der Waals surface area contributed by atoms with E-state index < -0.39 is 5.97 Å². The minimum atomic E-state index is -0.929. The van der Waals surface area contributed by atoms with Gasteiger partial charge in [0.2, 0.25) is 0 Å². The molecule has 0 saturated heterocycles. The van der Waals surface area contributed by atoms with E-state index >= 15 is 0 Å². The number of rotatable bonds is 3. The molecule has 0 saturated carbocycles. The van der Waals surface area contributed by atoms with Crippen LogP contribution in [0.15, 0.2) is 44.7 Å². The largest absolute Gasteiger partial charge is 0.478 e. The average molecular weight is 350 g/mol. The summed E-state index contributed by atoms with van der Waals surface area (Å²) in [6.45, 7) is 0. The molecular weight excluding hydrogens is 338 g/mol. The average Bonchev–Trinajstić information content (AvgIpc) is 2.88. The Kier molecular flexibility index (Phi) is 3.81. The highest BCUT2D eigenvalue weighted by molar-refractivity contribution is 9.10. The zero-order valence-corrected chi connectivity index (χ0v) is 13.0. The normalized spacial score (nSPS) is 13.2. The number of nitrogens with zero attached hydrogens (tertiary/aromatic N) is 1. The summed E-state index contributed by atoms with van der Waals surface area (Å²) in [4.78, 5) is 16.7. The zero-order chi connectivity index (χ0) is 14.1. The van der Waals surface area contributed by atoms with Gasteiger partial charge >= 0.3 is 5.97 Å². The van der Waals surface area contributed by atoms with Crippen LogP contribution in [0, 0.1) is 0 Å². The number of aryl methyl sites for hydroxylation is 2. The van der Waals surface area contributed by atoms with Gasteiger partial charge < -0.3 is 5.11 Å². The fourth-order valence-electron chi connectivity index (χ4n) is 2.31. The summed E-state index contributed by atoms with van der Waals surface area (Å²) in [5.74, 6) is -0.929. The lowest BCUT2D eigenvalue weighted by molar-refractivity contribution is 0.0695. The van der Waals surface area contributed by atoms with Crippen LogP contribution < -0.4 is 0 Å². The standard InChI is InChI=1S/C15H12BrNO2S/c16-12-6-5-10(8-11(12)15(18)19)20-14-7-4-9-2-1-3-13(9)17-14/h4-8H,1-3H2,(H,18,19). The molecule has 5 heteroatoms. The second-order valence-electron chi connectivity index (χ2n) is 4.66. The van der Waals surface area contributed by atoms with Gasteiger partial charge in [-0.1, -0.05) is 17.8 Å². The molecular formula is C15H12BrNO2S. The van der Waals surface area contributed by atoms with Crippen LogP contribution in [0.4, 0.5) is 0 Å². The molecule has 0 spiro atoms. The molecule has 0 amide bonds. The molecule has 1 aromatic carbocycles. The van der Waals surface area contributed by atoms with Gasteiger partial charge in [0.05, 0.1) is 5.56 Å². The van der Waals surface area contributed by atoms with Crippen LogP contribution in [-0.2, 0) is 12.8 Å². The fraction of sp³-hybridized carbons (Fsp3) is 0.200. The molecule has 0 bridgehead atoms. The van der Waals surface area contributed by atoms with Crippen molar-refractivity contribution in [3.05, 3.63) is 51.6 Å². The van der Waals surface area contributed by atoms with Gasteiger partial charge in [-0.3, -0.25) is 0 Å². The van der Waals surface area contributed by atoms with E-state index in [0.717, 1.165) is 22.8 Å². The molecule has 1 N–H and O–H groups in total. The molecule has 3 nitrogen and oxygen atoms in total. The Hall–Kier alpha value is -1.33. The molecule has 0 unspecified atom stereocenters. The highest BCUT2D eigenvalue weighted by Crippen LogP contribution is 2.31. The summed E-state index contributed by atoms with van der Waals surface area (Å²) in [6, 6.07) is 9.48.